The van der Waals surface area contributed by atoms with E-state index in [1.807, 2.05) is 58.1 Å². The summed E-state index contributed by atoms with van der Waals surface area (Å²) < 4.78 is 8.07. The summed E-state index contributed by atoms with van der Waals surface area (Å²) in [6.07, 6.45) is 1.26. The molecular formula is C22H22N4O2. The summed E-state index contributed by atoms with van der Waals surface area (Å²) in [5.41, 5.74) is 4.09. The normalized spacial score (nSPS) is 20.6. The Kier molecular flexibility index (Phi) is 4.41. The van der Waals surface area contributed by atoms with E-state index in [4.69, 9.17) is 4.74 Å². The molecular weight excluding hydrogens is 352 g/mol. The molecule has 2 unspecified atom stereocenters. The summed E-state index contributed by atoms with van der Waals surface area (Å²) in [5, 5.41) is 8.82. The smallest absolute Gasteiger partial charge is 0.223 e. The van der Waals surface area contributed by atoms with E-state index < -0.39 is 0 Å². The third-order valence-electron chi connectivity index (χ3n) is 5.65. The standard InChI is InChI=1S/C22H22N4O2/c27-21(12-11-16-7-3-1-4-8-16)25-13-18-20(14-25)28-15-19-22(23-24-26(18)19)17-9-5-2-6-10-17/h1-10,18,20H,11-15H2. The van der Waals surface area contributed by atoms with Gasteiger partial charge in [-0.15, -0.1) is 5.10 Å². The highest BCUT2D eigenvalue weighted by Gasteiger charge is 2.42. The zero-order valence-electron chi connectivity index (χ0n) is 15.6. The third kappa shape index (κ3) is 3.10. The van der Waals surface area contributed by atoms with Gasteiger partial charge in [-0.3, -0.25) is 4.79 Å². The predicted molar refractivity (Wildman–Crippen MR) is 104 cm³/mol. The molecule has 6 heteroatoms. The minimum Gasteiger partial charge on any atom is -0.368 e. The fourth-order valence-electron chi connectivity index (χ4n) is 4.13. The summed E-state index contributed by atoms with van der Waals surface area (Å²) in [7, 11) is 0. The van der Waals surface area contributed by atoms with Crippen molar-refractivity contribution in [3.63, 3.8) is 0 Å². The molecule has 3 heterocycles. The summed E-state index contributed by atoms with van der Waals surface area (Å²) in [6.45, 7) is 1.73. The first-order valence-corrected chi connectivity index (χ1v) is 9.72. The molecule has 1 saturated heterocycles. The SMILES string of the molecule is O=C(CCc1ccccc1)N1CC2OCc3c(-c4ccccc4)nnn3C2C1. The molecule has 6 nitrogen and oxygen atoms in total. The van der Waals surface area contributed by atoms with Crippen LogP contribution in [0.4, 0.5) is 0 Å². The molecule has 0 saturated carbocycles. The number of ether oxygens (including phenoxy) is 1. The van der Waals surface area contributed by atoms with Crippen LogP contribution in [0.25, 0.3) is 11.3 Å². The Balaban J connectivity index is 1.30. The van der Waals surface area contributed by atoms with Crippen LogP contribution < -0.4 is 0 Å². The first-order chi connectivity index (χ1) is 13.8. The number of hydrogen-bond acceptors (Lipinski definition) is 4. The molecule has 142 valence electrons. The first-order valence-electron chi connectivity index (χ1n) is 9.72. The monoisotopic (exact) mass is 374 g/mol. The topological polar surface area (TPSA) is 60.3 Å². The van der Waals surface area contributed by atoms with Gasteiger partial charge < -0.3 is 9.64 Å². The zero-order chi connectivity index (χ0) is 18.9. The van der Waals surface area contributed by atoms with Crippen LogP contribution >= 0.6 is 0 Å². The van der Waals surface area contributed by atoms with E-state index in [1.54, 1.807) is 0 Å². The van der Waals surface area contributed by atoms with Crippen LogP contribution in [-0.4, -0.2) is 45.0 Å². The molecule has 3 aromatic rings. The second-order valence-corrected chi connectivity index (χ2v) is 7.40. The lowest BCUT2D eigenvalue weighted by atomic mass is 10.1. The van der Waals surface area contributed by atoms with Crippen LogP contribution in [0.1, 0.15) is 23.7 Å². The molecule has 2 aromatic carbocycles. The molecule has 1 fully saturated rings. The molecule has 0 bridgehead atoms. The lowest BCUT2D eigenvalue weighted by molar-refractivity contribution is -0.130. The number of benzene rings is 2. The summed E-state index contributed by atoms with van der Waals surface area (Å²) in [5.74, 6) is 0.173. The first kappa shape index (κ1) is 17.1. The molecule has 0 aliphatic carbocycles. The van der Waals surface area contributed by atoms with Crippen molar-refractivity contribution in [1.82, 2.24) is 19.9 Å². The number of nitrogens with zero attached hydrogens (tertiary/aromatic N) is 4. The molecule has 1 aromatic heterocycles. The lowest BCUT2D eigenvalue weighted by Gasteiger charge is -2.26. The van der Waals surface area contributed by atoms with E-state index >= 15 is 0 Å². The van der Waals surface area contributed by atoms with Crippen LogP contribution in [0.15, 0.2) is 60.7 Å². The van der Waals surface area contributed by atoms with Crippen LogP contribution in [0.5, 0.6) is 0 Å². The Morgan fingerprint density at radius 1 is 1.04 bits per heavy atom. The lowest BCUT2D eigenvalue weighted by Crippen LogP contribution is -2.32. The van der Waals surface area contributed by atoms with Gasteiger partial charge in [0, 0.05) is 25.1 Å². The molecule has 2 aliphatic rings. The number of aryl methyl sites for hydroxylation is 1. The number of fused-ring (bicyclic) bond motifs is 3. The van der Waals surface area contributed by atoms with E-state index in [0.717, 1.165) is 23.4 Å². The minimum atomic E-state index is -0.0153. The van der Waals surface area contributed by atoms with Crippen LogP contribution in [-0.2, 0) is 22.6 Å². The van der Waals surface area contributed by atoms with Gasteiger partial charge in [0.25, 0.3) is 0 Å². The fourth-order valence-corrected chi connectivity index (χ4v) is 4.13. The van der Waals surface area contributed by atoms with Gasteiger partial charge in [-0.25, -0.2) is 4.68 Å². The molecule has 0 spiro atoms. The Morgan fingerprint density at radius 2 is 1.79 bits per heavy atom. The summed E-state index contributed by atoms with van der Waals surface area (Å²) in [6, 6.07) is 20.2. The number of amides is 1. The number of hydrogen-bond donors (Lipinski definition) is 0. The molecule has 1 amide bonds. The maximum absolute atomic E-state index is 12.7. The van der Waals surface area contributed by atoms with Crippen molar-refractivity contribution in [2.45, 2.75) is 31.6 Å². The van der Waals surface area contributed by atoms with E-state index in [-0.39, 0.29) is 18.1 Å². The van der Waals surface area contributed by atoms with Gasteiger partial charge in [0.05, 0.1) is 24.4 Å². The van der Waals surface area contributed by atoms with Crippen molar-refractivity contribution in [3.05, 3.63) is 71.9 Å². The van der Waals surface area contributed by atoms with E-state index in [9.17, 15) is 4.79 Å². The average Bonchev–Trinajstić information content (AvgIpc) is 3.37. The maximum Gasteiger partial charge on any atom is 0.223 e. The van der Waals surface area contributed by atoms with E-state index in [0.29, 0.717) is 26.1 Å². The van der Waals surface area contributed by atoms with Gasteiger partial charge in [-0.1, -0.05) is 65.9 Å². The number of aromatic nitrogens is 3. The van der Waals surface area contributed by atoms with Crippen LogP contribution in [0.3, 0.4) is 0 Å². The highest BCUT2D eigenvalue weighted by atomic mass is 16.5. The van der Waals surface area contributed by atoms with Crippen molar-refractivity contribution in [2.75, 3.05) is 13.1 Å². The van der Waals surface area contributed by atoms with Crippen molar-refractivity contribution >= 4 is 5.91 Å². The quantitative estimate of drug-likeness (QED) is 0.705. The zero-order valence-corrected chi connectivity index (χ0v) is 15.6. The van der Waals surface area contributed by atoms with E-state index in [1.165, 1.54) is 5.56 Å². The second kappa shape index (κ2) is 7.20. The number of likely N-dealkylation sites (tertiary alicyclic amines) is 1. The highest BCUT2D eigenvalue weighted by molar-refractivity contribution is 5.77. The minimum absolute atomic E-state index is 0.0153. The summed E-state index contributed by atoms with van der Waals surface area (Å²) in [4.78, 5) is 14.6. The van der Waals surface area contributed by atoms with Crippen molar-refractivity contribution in [1.29, 1.82) is 0 Å². The van der Waals surface area contributed by atoms with Gasteiger partial charge in [0.1, 0.15) is 5.69 Å². The molecule has 2 aliphatic heterocycles. The Hall–Kier alpha value is -2.99. The molecule has 5 rings (SSSR count). The van der Waals surface area contributed by atoms with Gasteiger partial charge in [-0.05, 0) is 12.0 Å². The molecule has 0 N–H and O–H groups in total. The van der Waals surface area contributed by atoms with Gasteiger partial charge in [-0.2, -0.15) is 0 Å². The fraction of sp³-hybridized carbons (Fsp3) is 0.318. The molecule has 28 heavy (non-hydrogen) atoms. The highest BCUT2D eigenvalue weighted by Crippen LogP contribution is 2.34. The van der Waals surface area contributed by atoms with Gasteiger partial charge in [0.15, 0.2) is 0 Å². The predicted octanol–water partition coefficient (Wildman–Crippen LogP) is 2.86. The average molecular weight is 374 g/mol. The maximum atomic E-state index is 12.7. The van der Waals surface area contributed by atoms with Crippen LogP contribution in [0, 0.1) is 0 Å². The summed E-state index contributed by atoms with van der Waals surface area (Å²) >= 11 is 0. The van der Waals surface area contributed by atoms with Crippen molar-refractivity contribution in [2.24, 2.45) is 0 Å². The van der Waals surface area contributed by atoms with Crippen molar-refractivity contribution in [3.8, 4) is 11.3 Å². The van der Waals surface area contributed by atoms with Gasteiger partial charge in [0.2, 0.25) is 5.91 Å². The molecule has 0 radical (unpaired) electrons. The third-order valence-corrected chi connectivity index (χ3v) is 5.65. The Bertz CT molecular complexity index is 971. The second-order valence-electron chi connectivity index (χ2n) is 7.40. The van der Waals surface area contributed by atoms with E-state index in [2.05, 4.69) is 22.4 Å². The van der Waals surface area contributed by atoms with Crippen LogP contribution in [0.2, 0.25) is 0 Å². The number of carbonyl (C=O) groups is 1. The Labute approximate surface area is 163 Å². The van der Waals surface area contributed by atoms with Gasteiger partial charge >= 0.3 is 0 Å². The van der Waals surface area contributed by atoms with Crippen molar-refractivity contribution < 1.29 is 9.53 Å². The Morgan fingerprint density at radius 3 is 2.57 bits per heavy atom. The molecule has 2 atom stereocenters. The number of rotatable bonds is 4. The number of carbonyl (C=O) groups excluding carboxylic acids is 1. The largest absolute Gasteiger partial charge is 0.368 e.